The maximum absolute atomic E-state index is 13.1. The molecule has 2 N–H and O–H groups in total. The summed E-state index contributed by atoms with van der Waals surface area (Å²) in [5, 5.41) is 5.62. The molecular formula is C13H19FN2O2. The van der Waals surface area contributed by atoms with E-state index >= 15 is 0 Å². The topological polar surface area (TPSA) is 50.4 Å². The number of hydrogen-bond acceptors (Lipinski definition) is 3. The van der Waals surface area contributed by atoms with Crippen LogP contribution in [-0.2, 0) is 4.79 Å². The SMILES string of the molecule is CCOc1cc(F)ccc1NC(=O)C(C)(C)NC. The van der Waals surface area contributed by atoms with Crippen LogP contribution in [0.3, 0.4) is 0 Å². The van der Waals surface area contributed by atoms with Crippen LogP contribution in [-0.4, -0.2) is 25.1 Å². The van der Waals surface area contributed by atoms with Crippen LogP contribution in [0.1, 0.15) is 20.8 Å². The maximum Gasteiger partial charge on any atom is 0.244 e. The molecule has 100 valence electrons. The second-order valence-corrected chi connectivity index (χ2v) is 4.40. The summed E-state index contributed by atoms with van der Waals surface area (Å²) in [4.78, 5) is 12.0. The molecule has 0 saturated heterocycles. The lowest BCUT2D eigenvalue weighted by molar-refractivity contribution is -0.121. The van der Waals surface area contributed by atoms with Crippen molar-refractivity contribution >= 4 is 11.6 Å². The molecule has 0 aliphatic rings. The summed E-state index contributed by atoms with van der Waals surface area (Å²) in [6, 6.07) is 4.03. The number of benzene rings is 1. The number of carbonyl (C=O) groups is 1. The smallest absolute Gasteiger partial charge is 0.244 e. The number of halogens is 1. The molecule has 0 aliphatic carbocycles. The molecule has 0 fully saturated rings. The summed E-state index contributed by atoms with van der Waals surface area (Å²) in [7, 11) is 1.70. The van der Waals surface area contributed by atoms with Crippen molar-refractivity contribution in [1.29, 1.82) is 0 Å². The van der Waals surface area contributed by atoms with Gasteiger partial charge in [-0.05, 0) is 40.0 Å². The molecule has 0 atom stereocenters. The van der Waals surface area contributed by atoms with Crippen LogP contribution < -0.4 is 15.4 Å². The zero-order valence-electron chi connectivity index (χ0n) is 11.1. The van der Waals surface area contributed by atoms with E-state index in [1.54, 1.807) is 27.8 Å². The van der Waals surface area contributed by atoms with Gasteiger partial charge >= 0.3 is 0 Å². The minimum absolute atomic E-state index is 0.211. The molecule has 1 aromatic rings. The predicted molar refractivity (Wildman–Crippen MR) is 69.3 cm³/mol. The Balaban J connectivity index is 2.93. The van der Waals surface area contributed by atoms with E-state index in [-0.39, 0.29) is 5.91 Å². The molecular weight excluding hydrogens is 235 g/mol. The molecule has 0 aliphatic heterocycles. The fourth-order valence-electron chi connectivity index (χ4n) is 1.27. The summed E-state index contributed by atoms with van der Waals surface area (Å²) in [5.41, 5.74) is -0.246. The first-order chi connectivity index (χ1) is 8.40. The first-order valence-corrected chi connectivity index (χ1v) is 5.83. The Bertz CT molecular complexity index is 433. The van der Waals surface area contributed by atoms with Crippen LogP contribution in [0.25, 0.3) is 0 Å². The molecule has 0 spiro atoms. The number of ether oxygens (including phenoxy) is 1. The lowest BCUT2D eigenvalue weighted by Gasteiger charge is -2.23. The Hall–Kier alpha value is -1.62. The quantitative estimate of drug-likeness (QED) is 0.846. The molecule has 4 nitrogen and oxygen atoms in total. The highest BCUT2D eigenvalue weighted by atomic mass is 19.1. The lowest BCUT2D eigenvalue weighted by atomic mass is 10.1. The van der Waals surface area contributed by atoms with Crippen molar-refractivity contribution in [3.8, 4) is 5.75 Å². The highest BCUT2D eigenvalue weighted by Gasteiger charge is 2.26. The van der Waals surface area contributed by atoms with Gasteiger partial charge in [-0.25, -0.2) is 4.39 Å². The van der Waals surface area contributed by atoms with Gasteiger partial charge in [0.15, 0.2) is 0 Å². The molecule has 18 heavy (non-hydrogen) atoms. The average Bonchev–Trinajstić information content (AvgIpc) is 2.32. The van der Waals surface area contributed by atoms with E-state index in [0.29, 0.717) is 18.0 Å². The van der Waals surface area contributed by atoms with E-state index < -0.39 is 11.4 Å². The third-order valence-electron chi connectivity index (χ3n) is 2.68. The van der Waals surface area contributed by atoms with Gasteiger partial charge in [-0.3, -0.25) is 4.79 Å². The van der Waals surface area contributed by atoms with Crippen LogP contribution >= 0.6 is 0 Å². The number of nitrogens with one attached hydrogen (secondary N) is 2. The van der Waals surface area contributed by atoms with Gasteiger partial charge in [0.2, 0.25) is 5.91 Å². The minimum Gasteiger partial charge on any atom is -0.492 e. The number of carbonyl (C=O) groups excluding carboxylic acids is 1. The molecule has 1 aromatic carbocycles. The molecule has 0 aromatic heterocycles. The average molecular weight is 254 g/mol. The van der Waals surface area contributed by atoms with E-state index in [9.17, 15) is 9.18 Å². The minimum atomic E-state index is -0.710. The van der Waals surface area contributed by atoms with Gasteiger partial charge in [-0.15, -0.1) is 0 Å². The van der Waals surface area contributed by atoms with Gasteiger partial charge in [0, 0.05) is 6.07 Å². The Morgan fingerprint density at radius 3 is 2.67 bits per heavy atom. The summed E-state index contributed by atoms with van der Waals surface area (Å²) >= 11 is 0. The number of hydrogen-bond donors (Lipinski definition) is 2. The summed E-state index contributed by atoms with van der Waals surface area (Å²) in [6.45, 7) is 5.72. The molecule has 0 unspecified atom stereocenters. The van der Waals surface area contributed by atoms with Crippen LogP contribution in [0.5, 0.6) is 5.75 Å². The third kappa shape index (κ3) is 3.43. The first kappa shape index (κ1) is 14.4. The van der Waals surface area contributed by atoms with Gasteiger partial charge in [-0.1, -0.05) is 0 Å². The summed E-state index contributed by atoms with van der Waals surface area (Å²) in [6.07, 6.45) is 0. The largest absolute Gasteiger partial charge is 0.492 e. The fraction of sp³-hybridized carbons (Fsp3) is 0.462. The molecule has 0 saturated carbocycles. The zero-order valence-corrected chi connectivity index (χ0v) is 11.1. The van der Waals surface area contributed by atoms with E-state index in [0.717, 1.165) is 0 Å². The van der Waals surface area contributed by atoms with Crippen molar-refractivity contribution in [2.75, 3.05) is 19.0 Å². The Morgan fingerprint density at radius 1 is 1.44 bits per heavy atom. The standard InChI is InChI=1S/C13H19FN2O2/c1-5-18-11-8-9(14)6-7-10(11)16-12(17)13(2,3)15-4/h6-8,15H,5H2,1-4H3,(H,16,17). The van der Waals surface area contributed by atoms with Crippen molar-refractivity contribution in [2.24, 2.45) is 0 Å². The number of rotatable bonds is 5. The lowest BCUT2D eigenvalue weighted by Crippen LogP contribution is -2.47. The molecule has 1 rings (SSSR count). The van der Waals surface area contributed by atoms with E-state index in [1.807, 2.05) is 0 Å². The van der Waals surface area contributed by atoms with E-state index in [2.05, 4.69) is 10.6 Å². The normalized spacial score (nSPS) is 11.2. The predicted octanol–water partition coefficient (Wildman–Crippen LogP) is 2.16. The monoisotopic (exact) mass is 254 g/mol. The molecule has 0 heterocycles. The Morgan fingerprint density at radius 2 is 2.11 bits per heavy atom. The van der Waals surface area contributed by atoms with Gasteiger partial charge in [0.05, 0.1) is 17.8 Å². The van der Waals surface area contributed by atoms with E-state index in [1.165, 1.54) is 18.2 Å². The van der Waals surface area contributed by atoms with Crippen LogP contribution in [0.2, 0.25) is 0 Å². The van der Waals surface area contributed by atoms with Gasteiger partial charge < -0.3 is 15.4 Å². The van der Waals surface area contributed by atoms with Crippen molar-refractivity contribution in [1.82, 2.24) is 5.32 Å². The van der Waals surface area contributed by atoms with Crippen molar-refractivity contribution < 1.29 is 13.9 Å². The Labute approximate surface area is 107 Å². The van der Waals surface area contributed by atoms with Crippen LogP contribution in [0, 0.1) is 5.82 Å². The molecule has 0 bridgehead atoms. The Kier molecular flexibility index (Phi) is 4.67. The molecule has 0 radical (unpaired) electrons. The van der Waals surface area contributed by atoms with Gasteiger partial charge in [0.1, 0.15) is 11.6 Å². The zero-order chi connectivity index (χ0) is 13.8. The summed E-state index contributed by atoms with van der Waals surface area (Å²) < 4.78 is 18.4. The number of likely N-dealkylation sites (N-methyl/N-ethyl adjacent to an activating group) is 1. The summed E-state index contributed by atoms with van der Waals surface area (Å²) in [5.74, 6) is -0.278. The number of anilines is 1. The fourth-order valence-corrected chi connectivity index (χ4v) is 1.27. The second kappa shape index (κ2) is 5.82. The van der Waals surface area contributed by atoms with Crippen LogP contribution in [0.4, 0.5) is 10.1 Å². The van der Waals surface area contributed by atoms with Crippen molar-refractivity contribution in [3.63, 3.8) is 0 Å². The highest BCUT2D eigenvalue weighted by Crippen LogP contribution is 2.26. The molecule has 1 amide bonds. The van der Waals surface area contributed by atoms with Crippen LogP contribution in [0.15, 0.2) is 18.2 Å². The van der Waals surface area contributed by atoms with Crippen molar-refractivity contribution in [2.45, 2.75) is 26.3 Å². The van der Waals surface area contributed by atoms with Gasteiger partial charge in [0.25, 0.3) is 0 Å². The van der Waals surface area contributed by atoms with E-state index in [4.69, 9.17) is 4.74 Å². The maximum atomic E-state index is 13.1. The van der Waals surface area contributed by atoms with Gasteiger partial charge in [-0.2, -0.15) is 0 Å². The first-order valence-electron chi connectivity index (χ1n) is 5.83. The number of amides is 1. The highest BCUT2D eigenvalue weighted by molar-refractivity contribution is 5.98. The third-order valence-corrected chi connectivity index (χ3v) is 2.68. The second-order valence-electron chi connectivity index (χ2n) is 4.40. The van der Waals surface area contributed by atoms with Crippen molar-refractivity contribution in [3.05, 3.63) is 24.0 Å². The molecule has 5 heteroatoms.